The molecule has 1 aromatic carbocycles. The number of amides is 1. The van der Waals surface area contributed by atoms with Crippen LogP contribution in [0.3, 0.4) is 0 Å². The largest absolute Gasteiger partial charge is 0.417 e. The molecule has 0 bridgehead atoms. The van der Waals surface area contributed by atoms with E-state index < -0.39 is 17.6 Å². The number of benzene rings is 1. The number of halogens is 4. The Labute approximate surface area is 120 Å². The van der Waals surface area contributed by atoms with E-state index in [0.717, 1.165) is 18.9 Å². The van der Waals surface area contributed by atoms with E-state index in [1.54, 1.807) is 0 Å². The Morgan fingerprint density at radius 1 is 1.35 bits per heavy atom. The van der Waals surface area contributed by atoms with Crippen LogP contribution in [0.15, 0.2) is 24.3 Å². The van der Waals surface area contributed by atoms with Crippen LogP contribution in [0, 0.1) is 5.92 Å². The SMILES string of the molecule is CN(CC1CC(Cl)C1)C(=O)c1ccccc1C(F)(F)F. The van der Waals surface area contributed by atoms with Gasteiger partial charge in [0, 0.05) is 19.0 Å². The summed E-state index contributed by atoms with van der Waals surface area (Å²) >= 11 is 5.86. The molecule has 1 amide bonds. The van der Waals surface area contributed by atoms with Crippen molar-refractivity contribution in [1.29, 1.82) is 0 Å². The molecule has 0 heterocycles. The van der Waals surface area contributed by atoms with Crippen molar-refractivity contribution in [2.75, 3.05) is 13.6 Å². The molecule has 110 valence electrons. The van der Waals surface area contributed by atoms with Gasteiger partial charge in [-0.15, -0.1) is 11.6 Å². The molecule has 0 saturated heterocycles. The van der Waals surface area contributed by atoms with Gasteiger partial charge in [0.2, 0.25) is 0 Å². The average molecular weight is 306 g/mol. The number of alkyl halides is 4. The highest BCUT2D eigenvalue weighted by atomic mass is 35.5. The third kappa shape index (κ3) is 3.26. The van der Waals surface area contributed by atoms with Crippen molar-refractivity contribution in [2.45, 2.75) is 24.4 Å². The van der Waals surface area contributed by atoms with E-state index in [2.05, 4.69) is 0 Å². The molecule has 1 fully saturated rings. The normalized spacial score (nSPS) is 22.2. The monoisotopic (exact) mass is 305 g/mol. The summed E-state index contributed by atoms with van der Waals surface area (Å²) in [5, 5.41) is 0.131. The summed E-state index contributed by atoms with van der Waals surface area (Å²) in [5.74, 6) is -0.319. The lowest BCUT2D eigenvalue weighted by atomic mass is 9.84. The molecule has 0 aromatic heterocycles. The van der Waals surface area contributed by atoms with Crippen molar-refractivity contribution in [1.82, 2.24) is 4.90 Å². The second kappa shape index (κ2) is 5.64. The van der Waals surface area contributed by atoms with Crippen LogP contribution in [0.5, 0.6) is 0 Å². The fourth-order valence-corrected chi connectivity index (χ4v) is 2.90. The third-order valence-corrected chi connectivity index (χ3v) is 3.88. The Kier molecular flexibility index (Phi) is 4.28. The lowest BCUT2D eigenvalue weighted by molar-refractivity contribution is -0.138. The maximum Gasteiger partial charge on any atom is 0.417 e. The van der Waals surface area contributed by atoms with E-state index in [9.17, 15) is 18.0 Å². The second-order valence-electron chi connectivity index (χ2n) is 5.16. The van der Waals surface area contributed by atoms with Gasteiger partial charge < -0.3 is 4.90 Å². The minimum absolute atomic E-state index is 0.131. The Morgan fingerprint density at radius 3 is 2.50 bits per heavy atom. The Morgan fingerprint density at radius 2 is 1.95 bits per heavy atom. The molecule has 2 nitrogen and oxygen atoms in total. The Bertz CT molecular complexity index is 497. The van der Waals surface area contributed by atoms with Crippen molar-refractivity contribution in [3.05, 3.63) is 35.4 Å². The van der Waals surface area contributed by atoms with Crippen molar-refractivity contribution >= 4 is 17.5 Å². The molecule has 0 aliphatic heterocycles. The molecular weight excluding hydrogens is 291 g/mol. The van der Waals surface area contributed by atoms with Crippen LogP contribution in [0.4, 0.5) is 13.2 Å². The first kappa shape index (κ1) is 15.2. The smallest absolute Gasteiger partial charge is 0.341 e. The summed E-state index contributed by atoms with van der Waals surface area (Å²) in [7, 11) is 1.52. The van der Waals surface area contributed by atoms with Gasteiger partial charge in [-0.25, -0.2) is 0 Å². The van der Waals surface area contributed by atoms with Crippen LogP contribution in [0.2, 0.25) is 0 Å². The number of hydrogen-bond donors (Lipinski definition) is 0. The van der Waals surface area contributed by atoms with Gasteiger partial charge in [-0.05, 0) is 30.9 Å². The maximum absolute atomic E-state index is 12.9. The van der Waals surface area contributed by atoms with Gasteiger partial charge in [0.05, 0.1) is 11.1 Å². The average Bonchev–Trinajstić information content (AvgIpc) is 2.35. The van der Waals surface area contributed by atoms with Gasteiger partial charge in [0.25, 0.3) is 5.91 Å². The van der Waals surface area contributed by atoms with Crippen molar-refractivity contribution < 1.29 is 18.0 Å². The predicted octanol–water partition coefficient (Wildman–Crippen LogP) is 3.79. The van der Waals surface area contributed by atoms with E-state index in [0.29, 0.717) is 6.54 Å². The van der Waals surface area contributed by atoms with Crippen LogP contribution in [-0.2, 0) is 6.18 Å². The summed E-state index contributed by atoms with van der Waals surface area (Å²) in [6.45, 7) is 0.439. The second-order valence-corrected chi connectivity index (χ2v) is 5.78. The van der Waals surface area contributed by atoms with Crippen LogP contribution in [0.1, 0.15) is 28.8 Å². The molecule has 1 aliphatic carbocycles. The van der Waals surface area contributed by atoms with Gasteiger partial charge in [0.1, 0.15) is 0 Å². The molecule has 1 saturated carbocycles. The van der Waals surface area contributed by atoms with Crippen LogP contribution >= 0.6 is 11.6 Å². The first-order valence-corrected chi connectivity index (χ1v) is 6.78. The fourth-order valence-electron chi connectivity index (χ4n) is 2.40. The number of hydrogen-bond acceptors (Lipinski definition) is 1. The van der Waals surface area contributed by atoms with Gasteiger partial charge in [-0.1, -0.05) is 12.1 Å². The minimum atomic E-state index is -4.52. The van der Waals surface area contributed by atoms with Crippen molar-refractivity contribution in [3.8, 4) is 0 Å². The molecule has 20 heavy (non-hydrogen) atoms. The van der Waals surface area contributed by atoms with Crippen molar-refractivity contribution in [2.24, 2.45) is 5.92 Å². The first-order chi connectivity index (χ1) is 9.29. The molecular formula is C14H15ClF3NO. The summed E-state index contributed by atoms with van der Waals surface area (Å²) < 4.78 is 38.6. The zero-order valence-corrected chi connectivity index (χ0v) is 11.7. The number of carbonyl (C=O) groups is 1. The number of carbonyl (C=O) groups excluding carboxylic acids is 1. The van der Waals surface area contributed by atoms with Crippen molar-refractivity contribution in [3.63, 3.8) is 0 Å². The molecule has 0 radical (unpaired) electrons. The summed E-state index contributed by atoms with van der Waals surface area (Å²) in [4.78, 5) is 13.5. The third-order valence-electron chi connectivity index (χ3n) is 3.52. The lowest BCUT2D eigenvalue weighted by Crippen LogP contribution is -2.38. The van der Waals surface area contributed by atoms with E-state index >= 15 is 0 Å². The van der Waals surface area contributed by atoms with Crippen LogP contribution < -0.4 is 0 Å². The Balaban J connectivity index is 2.12. The number of nitrogens with zero attached hydrogens (tertiary/aromatic N) is 1. The minimum Gasteiger partial charge on any atom is -0.341 e. The molecule has 0 unspecified atom stereocenters. The highest BCUT2D eigenvalue weighted by Gasteiger charge is 2.36. The van der Waals surface area contributed by atoms with E-state index in [4.69, 9.17) is 11.6 Å². The molecule has 1 aromatic rings. The standard InChI is InChI=1S/C14H15ClF3NO/c1-19(8-9-6-10(15)7-9)13(20)11-4-2-3-5-12(11)14(16,17)18/h2-5,9-10H,6-8H2,1H3. The summed E-state index contributed by atoms with van der Waals surface area (Å²) in [6.07, 6.45) is -2.91. The Hall–Kier alpha value is -1.23. The molecule has 2 rings (SSSR count). The highest BCUT2D eigenvalue weighted by molar-refractivity contribution is 6.21. The summed E-state index contributed by atoms with van der Waals surface area (Å²) in [6, 6.07) is 4.87. The molecule has 1 aliphatic rings. The molecule has 0 atom stereocenters. The lowest BCUT2D eigenvalue weighted by Gasteiger charge is -2.34. The molecule has 0 N–H and O–H groups in total. The fraction of sp³-hybridized carbons (Fsp3) is 0.500. The predicted molar refractivity (Wildman–Crippen MR) is 70.8 cm³/mol. The zero-order chi connectivity index (χ0) is 14.9. The molecule has 6 heteroatoms. The van der Waals surface area contributed by atoms with Gasteiger partial charge in [-0.2, -0.15) is 13.2 Å². The zero-order valence-electron chi connectivity index (χ0n) is 11.0. The highest BCUT2D eigenvalue weighted by Crippen LogP contribution is 2.34. The van der Waals surface area contributed by atoms with Crippen LogP contribution in [-0.4, -0.2) is 29.8 Å². The van der Waals surface area contributed by atoms with Gasteiger partial charge in [-0.3, -0.25) is 4.79 Å². The topological polar surface area (TPSA) is 20.3 Å². The number of rotatable bonds is 3. The van der Waals surface area contributed by atoms with E-state index in [1.807, 2.05) is 0 Å². The van der Waals surface area contributed by atoms with E-state index in [1.165, 1.54) is 30.1 Å². The van der Waals surface area contributed by atoms with Gasteiger partial charge >= 0.3 is 6.18 Å². The maximum atomic E-state index is 12.9. The molecule has 0 spiro atoms. The first-order valence-electron chi connectivity index (χ1n) is 6.34. The van der Waals surface area contributed by atoms with E-state index in [-0.39, 0.29) is 16.9 Å². The summed E-state index contributed by atoms with van der Waals surface area (Å²) in [5.41, 5.74) is -1.19. The van der Waals surface area contributed by atoms with Gasteiger partial charge in [0.15, 0.2) is 0 Å². The van der Waals surface area contributed by atoms with Crippen LogP contribution in [0.25, 0.3) is 0 Å². The quantitative estimate of drug-likeness (QED) is 0.778.